The van der Waals surface area contributed by atoms with Crippen molar-refractivity contribution in [2.45, 2.75) is 6.18 Å². The Morgan fingerprint density at radius 2 is 1.20 bits per heavy atom. The van der Waals surface area contributed by atoms with Gasteiger partial charge < -0.3 is 5.32 Å². The molecular weight excluding hydrogens is 325 g/mol. The molecular formula is C20H13F3N2. The van der Waals surface area contributed by atoms with Crippen LogP contribution < -0.4 is 5.32 Å². The Bertz CT molecular complexity index is 1020. The zero-order valence-electron chi connectivity index (χ0n) is 13.0. The molecule has 5 heteroatoms. The lowest BCUT2D eigenvalue weighted by atomic mass is 10.1. The number of rotatable bonds is 2. The minimum atomic E-state index is -4.43. The van der Waals surface area contributed by atoms with Gasteiger partial charge in [-0.15, -0.1) is 0 Å². The fraction of sp³-hybridized carbons (Fsp3) is 0.0500. The highest BCUT2D eigenvalue weighted by molar-refractivity contribution is 6.08. The lowest BCUT2D eigenvalue weighted by Crippen LogP contribution is -2.09. The number of hydrogen-bond donors (Lipinski definition) is 1. The van der Waals surface area contributed by atoms with Crippen LogP contribution in [0, 0.1) is 0 Å². The Kier molecular flexibility index (Phi) is 3.57. The van der Waals surface area contributed by atoms with Gasteiger partial charge in [0.1, 0.15) is 0 Å². The second-order valence-electron chi connectivity index (χ2n) is 5.69. The van der Waals surface area contributed by atoms with E-state index < -0.39 is 11.7 Å². The SMILES string of the molecule is FC(F)(F)c1ccccc1Nc1c2ccccc2nc2ccccc12. The average Bonchev–Trinajstić information content (AvgIpc) is 2.61. The van der Waals surface area contributed by atoms with Gasteiger partial charge in [-0.1, -0.05) is 48.5 Å². The Morgan fingerprint density at radius 1 is 0.680 bits per heavy atom. The number of nitrogens with zero attached hydrogens (tertiary/aromatic N) is 1. The molecule has 1 heterocycles. The first-order valence-electron chi connectivity index (χ1n) is 7.75. The molecule has 0 atom stereocenters. The van der Waals surface area contributed by atoms with Crippen LogP contribution in [0.1, 0.15) is 5.56 Å². The van der Waals surface area contributed by atoms with Crippen LogP contribution in [0.3, 0.4) is 0 Å². The zero-order valence-corrected chi connectivity index (χ0v) is 13.0. The van der Waals surface area contributed by atoms with E-state index >= 15 is 0 Å². The Hall–Kier alpha value is -3.08. The van der Waals surface area contributed by atoms with Gasteiger partial charge in [-0.2, -0.15) is 13.2 Å². The lowest BCUT2D eigenvalue weighted by Gasteiger charge is -2.17. The minimum absolute atomic E-state index is 0.0245. The smallest absolute Gasteiger partial charge is 0.354 e. The van der Waals surface area contributed by atoms with Gasteiger partial charge in [0, 0.05) is 10.8 Å². The van der Waals surface area contributed by atoms with Crippen LogP contribution in [0.25, 0.3) is 21.8 Å². The van der Waals surface area contributed by atoms with Gasteiger partial charge in [0.05, 0.1) is 28.0 Å². The molecule has 2 nitrogen and oxygen atoms in total. The van der Waals surface area contributed by atoms with Crippen molar-refractivity contribution in [3.8, 4) is 0 Å². The van der Waals surface area contributed by atoms with E-state index in [4.69, 9.17) is 0 Å². The van der Waals surface area contributed by atoms with Gasteiger partial charge in [-0.25, -0.2) is 4.98 Å². The third-order valence-electron chi connectivity index (χ3n) is 4.08. The first-order valence-corrected chi connectivity index (χ1v) is 7.75. The van der Waals surface area contributed by atoms with Gasteiger partial charge in [0.25, 0.3) is 0 Å². The molecule has 0 fully saturated rings. The van der Waals surface area contributed by atoms with Crippen molar-refractivity contribution in [3.63, 3.8) is 0 Å². The molecule has 0 saturated heterocycles. The Balaban J connectivity index is 1.98. The summed E-state index contributed by atoms with van der Waals surface area (Å²) in [6.45, 7) is 0. The summed E-state index contributed by atoms with van der Waals surface area (Å²) < 4.78 is 40.0. The molecule has 4 aromatic rings. The van der Waals surface area contributed by atoms with E-state index in [1.165, 1.54) is 12.1 Å². The molecule has 0 spiro atoms. The second-order valence-corrected chi connectivity index (χ2v) is 5.69. The topological polar surface area (TPSA) is 24.9 Å². The summed E-state index contributed by atoms with van der Waals surface area (Å²) in [5, 5.41) is 4.56. The van der Waals surface area contributed by atoms with Gasteiger partial charge >= 0.3 is 6.18 Å². The highest BCUT2D eigenvalue weighted by atomic mass is 19.4. The number of pyridine rings is 1. The lowest BCUT2D eigenvalue weighted by molar-refractivity contribution is -0.136. The van der Waals surface area contributed by atoms with E-state index in [2.05, 4.69) is 10.3 Å². The zero-order chi connectivity index (χ0) is 17.4. The summed E-state index contributed by atoms with van der Waals surface area (Å²) >= 11 is 0. The molecule has 0 amide bonds. The molecule has 25 heavy (non-hydrogen) atoms. The van der Waals surface area contributed by atoms with Crippen LogP contribution in [-0.4, -0.2) is 4.98 Å². The molecule has 1 aromatic heterocycles. The molecule has 3 aromatic carbocycles. The van der Waals surface area contributed by atoms with Crippen molar-refractivity contribution in [1.29, 1.82) is 0 Å². The van der Waals surface area contributed by atoms with Crippen LogP contribution in [0.4, 0.5) is 24.5 Å². The second kappa shape index (κ2) is 5.77. The summed E-state index contributed by atoms with van der Waals surface area (Å²) in [5.41, 5.74) is 1.41. The minimum Gasteiger partial charge on any atom is -0.354 e. The average molecular weight is 338 g/mol. The molecule has 0 aliphatic carbocycles. The largest absolute Gasteiger partial charge is 0.418 e. The van der Waals surface area contributed by atoms with E-state index in [0.29, 0.717) is 5.69 Å². The van der Waals surface area contributed by atoms with Crippen LogP contribution in [0.5, 0.6) is 0 Å². The van der Waals surface area contributed by atoms with Crippen molar-refractivity contribution in [3.05, 3.63) is 78.4 Å². The molecule has 0 saturated carbocycles. The quantitative estimate of drug-likeness (QED) is 0.443. The van der Waals surface area contributed by atoms with Crippen LogP contribution >= 0.6 is 0 Å². The van der Waals surface area contributed by atoms with E-state index in [1.54, 1.807) is 6.07 Å². The normalized spacial score (nSPS) is 11.8. The van der Waals surface area contributed by atoms with Crippen LogP contribution in [0.2, 0.25) is 0 Å². The molecule has 124 valence electrons. The highest BCUT2D eigenvalue weighted by Gasteiger charge is 2.33. The van der Waals surface area contributed by atoms with E-state index in [-0.39, 0.29) is 5.69 Å². The van der Waals surface area contributed by atoms with Gasteiger partial charge in [-0.05, 0) is 24.3 Å². The number of halogens is 3. The van der Waals surface area contributed by atoms with E-state index in [1.807, 2.05) is 48.5 Å². The van der Waals surface area contributed by atoms with Crippen LogP contribution in [-0.2, 0) is 6.18 Å². The molecule has 0 unspecified atom stereocenters. The Morgan fingerprint density at radius 3 is 1.80 bits per heavy atom. The maximum Gasteiger partial charge on any atom is 0.418 e. The van der Waals surface area contributed by atoms with Crippen molar-refractivity contribution >= 4 is 33.2 Å². The number of hydrogen-bond acceptors (Lipinski definition) is 2. The third kappa shape index (κ3) is 2.78. The Labute approximate surface area is 141 Å². The van der Waals surface area contributed by atoms with Gasteiger partial charge in [0.2, 0.25) is 0 Å². The predicted molar refractivity (Wildman–Crippen MR) is 94.0 cm³/mol. The molecule has 4 rings (SSSR count). The van der Waals surface area contributed by atoms with Crippen molar-refractivity contribution in [2.24, 2.45) is 0 Å². The van der Waals surface area contributed by atoms with E-state index in [9.17, 15) is 13.2 Å². The first kappa shape index (κ1) is 15.4. The van der Waals surface area contributed by atoms with Crippen molar-refractivity contribution in [2.75, 3.05) is 5.32 Å². The molecule has 0 aliphatic rings. The van der Waals surface area contributed by atoms with Crippen LogP contribution in [0.15, 0.2) is 72.8 Å². The maximum absolute atomic E-state index is 13.3. The fourth-order valence-corrected chi connectivity index (χ4v) is 2.95. The summed E-state index contributed by atoms with van der Waals surface area (Å²) in [6.07, 6.45) is -4.43. The monoisotopic (exact) mass is 338 g/mol. The molecule has 0 radical (unpaired) electrons. The summed E-state index contributed by atoms with van der Waals surface area (Å²) in [7, 11) is 0. The highest BCUT2D eigenvalue weighted by Crippen LogP contribution is 2.38. The number of alkyl halides is 3. The number of para-hydroxylation sites is 3. The number of aromatic nitrogens is 1. The maximum atomic E-state index is 13.3. The fourth-order valence-electron chi connectivity index (χ4n) is 2.95. The number of nitrogens with one attached hydrogen (secondary N) is 1. The third-order valence-corrected chi connectivity index (χ3v) is 4.08. The summed E-state index contributed by atoms with van der Waals surface area (Å²) in [6, 6.07) is 20.3. The molecule has 1 N–H and O–H groups in total. The number of benzene rings is 3. The van der Waals surface area contributed by atoms with Crippen molar-refractivity contribution in [1.82, 2.24) is 4.98 Å². The summed E-state index contributed by atoms with van der Waals surface area (Å²) in [5.74, 6) is 0. The van der Waals surface area contributed by atoms with Crippen molar-refractivity contribution < 1.29 is 13.2 Å². The summed E-state index contributed by atoms with van der Waals surface area (Å²) in [4.78, 5) is 4.59. The number of fused-ring (bicyclic) bond motifs is 2. The van der Waals surface area contributed by atoms with E-state index in [0.717, 1.165) is 27.9 Å². The molecule has 0 aliphatic heterocycles. The predicted octanol–water partition coefficient (Wildman–Crippen LogP) is 6.15. The molecule has 0 bridgehead atoms. The number of anilines is 2. The first-order chi connectivity index (χ1) is 12.0. The van der Waals surface area contributed by atoms with Gasteiger partial charge in [-0.3, -0.25) is 0 Å². The van der Waals surface area contributed by atoms with Gasteiger partial charge in [0.15, 0.2) is 0 Å². The standard InChI is InChI=1S/C20H13F3N2/c21-20(22,23)15-9-3-6-12-18(15)25-19-13-7-1-4-10-16(13)24-17-11-5-2-8-14(17)19/h1-12H,(H,24,25).